The molecule has 0 radical (unpaired) electrons. The van der Waals surface area contributed by atoms with Gasteiger partial charge >= 0.3 is 0 Å². The summed E-state index contributed by atoms with van der Waals surface area (Å²) in [5.41, 5.74) is 0. The van der Waals surface area contributed by atoms with Gasteiger partial charge in [-0.15, -0.1) is 0 Å². The predicted molar refractivity (Wildman–Crippen MR) is 64.2 cm³/mol. The number of methoxy groups -OCH3 is 1. The van der Waals surface area contributed by atoms with Crippen LogP contribution in [0.15, 0.2) is 0 Å². The number of nitrogens with one attached hydrogen (secondary N) is 1. The van der Waals surface area contributed by atoms with E-state index in [9.17, 15) is 0 Å². The van der Waals surface area contributed by atoms with Gasteiger partial charge in [-0.3, -0.25) is 4.90 Å². The first kappa shape index (κ1) is 12.9. The minimum atomic E-state index is 0.709. The van der Waals surface area contributed by atoms with Crippen LogP contribution in [-0.2, 0) is 4.74 Å². The summed E-state index contributed by atoms with van der Waals surface area (Å²) in [6, 6.07) is 1.56. The first-order chi connectivity index (χ1) is 7.29. The van der Waals surface area contributed by atoms with Crippen molar-refractivity contribution in [1.82, 2.24) is 10.2 Å². The van der Waals surface area contributed by atoms with Gasteiger partial charge in [-0.2, -0.15) is 0 Å². The van der Waals surface area contributed by atoms with Crippen molar-refractivity contribution in [1.29, 1.82) is 0 Å². The molecular formula is C12H26N2O. The highest BCUT2D eigenvalue weighted by atomic mass is 16.5. The highest BCUT2D eigenvalue weighted by Crippen LogP contribution is 2.29. The third kappa shape index (κ3) is 4.96. The lowest BCUT2D eigenvalue weighted by molar-refractivity contribution is 0.115. The normalized spacial score (nSPS) is 18.4. The van der Waals surface area contributed by atoms with Crippen LogP contribution in [0.1, 0.15) is 32.6 Å². The maximum absolute atomic E-state index is 5.17. The van der Waals surface area contributed by atoms with Gasteiger partial charge < -0.3 is 10.1 Å². The standard InChI is InChI=1S/C12H26N2O/c1-11(5-4-8-13-2)14(9-10-15-3)12-6-7-12/h11-13H,4-10H2,1-3H3. The quantitative estimate of drug-likeness (QED) is 0.589. The van der Waals surface area contributed by atoms with Crippen molar-refractivity contribution in [3.63, 3.8) is 0 Å². The topological polar surface area (TPSA) is 24.5 Å². The predicted octanol–water partition coefficient (Wildman–Crippen LogP) is 1.49. The summed E-state index contributed by atoms with van der Waals surface area (Å²) in [7, 11) is 3.81. The zero-order valence-electron chi connectivity index (χ0n) is 10.5. The maximum atomic E-state index is 5.17. The number of nitrogens with zero attached hydrogens (tertiary/aromatic N) is 1. The Balaban J connectivity index is 2.20. The van der Waals surface area contributed by atoms with Crippen molar-refractivity contribution in [2.45, 2.75) is 44.7 Å². The van der Waals surface area contributed by atoms with E-state index in [1.54, 1.807) is 7.11 Å². The molecule has 1 aliphatic carbocycles. The van der Waals surface area contributed by atoms with Crippen LogP contribution in [0.3, 0.4) is 0 Å². The number of ether oxygens (including phenoxy) is 1. The molecule has 0 aromatic heterocycles. The Kier molecular flexibility index (Phi) is 6.22. The van der Waals surface area contributed by atoms with Gasteiger partial charge in [-0.1, -0.05) is 0 Å². The van der Waals surface area contributed by atoms with E-state index in [0.717, 1.165) is 25.7 Å². The zero-order chi connectivity index (χ0) is 11.1. The highest BCUT2D eigenvalue weighted by Gasteiger charge is 2.31. The van der Waals surface area contributed by atoms with Crippen LogP contribution in [0.4, 0.5) is 0 Å². The van der Waals surface area contributed by atoms with Crippen molar-refractivity contribution in [2.24, 2.45) is 0 Å². The van der Waals surface area contributed by atoms with Gasteiger partial charge in [0.2, 0.25) is 0 Å². The molecule has 0 bridgehead atoms. The fraction of sp³-hybridized carbons (Fsp3) is 1.00. The lowest BCUT2D eigenvalue weighted by Crippen LogP contribution is -2.37. The van der Waals surface area contributed by atoms with Crippen molar-refractivity contribution in [3.8, 4) is 0 Å². The Morgan fingerprint density at radius 1 is 1.47 bits per heavy atom. The van der Waals surface area contributed by atoms with Gasteiger partial charge in [0.05, 0.1) is 6.61 Å². The summed E-state index contributed by atoms with van der Waals surface area (Å²) in [4.78, 5) is 2.62. The molecule has 3 heteroatoms. The van der Waals surface area contributed by atoms with Gasteiger partial charge in [0.1, 0.15) is 0 Å². The largest absolute Gasteiger partial charge is 0.383 e. The monoisotopic (exact) mass is 214 g/mol. The Hall–Kier alpha value is -0.120. The SMILES string of the molecule is CNCCCC(C)N(CCOC)C1CC1. The van der Waals surface area contributed by atoms with E-state index < -0.39 is 0 Å². The number of rotatable bonds is 9. The second-order valence-corrected chi connectivity index (χ2v) is 4.56. The molecule has 0 saturated heterocycles. The first-order valence-corrected chi connectivity index (χ1v) is 6.19. The summed E-state index contributed by atoms with van der Waals surface area (Å²) >= 11 is 0. The molecule has 0 heterocycles. The van der Waals surface area contributed by atoms with E-state index in [1.807, 2.05) is 7.05 Å². The molecule has 0 spiro atoms. The van der Waals surface area contributed by atoms with Gasteiger partial charge in [0.25, 0.3) is 0 Å². The molecule has 0 amide bonds. The third-order valence-electron chi connectivity index (χ3n) is 3.18. The fourth-order valence-electron chi connectivity index (χ4n) is 2.11. The Morgan fingerprint density at radius 3 is 2.73 bits per heavy atom. The van der Waals surface area contributed by atoms with Crippen LogP contribution in [0, 0.1) is 0 Å². The molecule has 15 heavy (non-hydrogen) atoms. The van der Waals surface area contributed by atoms with Gasteiger partial charge in [0, 0.05) is 25.7 Å². The molecule has 1 atom stereocenters. The molecule has 0 aliphatic heterocycles. The van der Waals surface area contributed by atoms with E-state index in [0.29, 0.717) is 6.04 Å². The highest BCUT2D eigenvalue weighted by molar-refractivity contribution is 4.87. The molecule has 1 saturated carbocycles. The summed E-state index contributed by atoms with van der Waals surface area (Å²) in [5.74, 6) is 0. The summed E-state index contributed by atoms with van der Waals surface area (Å²) < 4.78 is 5.17. The minimum Gasteiger partial charge on any atom is -0.383 e. The van der Waals surface area contributed by atoms with Crippen LogP contribution in [0.5, 0.6) is 0 Å². The average Bonchev–Trinajstić information content (AvgIpc) is 3.03. The van der Waals surface area contributed by atoms with E-state index in [-0.39, 0.29) is 0 Å². The van der Waals surface area contributed by atoms with E-state index in [1.165, 1.54) is 25.7 Å². The summed E-state index contributed by atoms with van der Waals surface area (Å²) in [5, 5.41) is 3.21. The van der Waals surface area contributed by atoms with E-state index in [4.69, 9.17) is 4.74 Å². The molecule has 1 unspecified atom stereocenters. The van der Waals surface area contributed by atoms with Crippen molar-refractivity contribution in [2.75, 3.05) is 33.9 Å². The maximum Gasteiger partial charge on any atom is 0.0589 e. The summed E-state index contributed by atoms with van der Waals surface area (Å²) in [6.07, 6.45) is 5.34. The third-order valence-corrected chi connectivity index (χ3v) is 3.18. The molecule has 90 valence electrons. The lowest BCUT2D eigenvalue weighted by Gasteiger charge is -2.28. The lowest BCUT2D eigenvalue weighted by atomic mass is 10.1. The van der Waals surface area contributed by atoms with Gasteiger partial charge in [0.15, 0.2) is 0 Å². The number of hydrogen-bond acceptors (Lipinski definition) is 3. The molecule has 0 aromatic carbocycles. The smallest absolute Gasteiger partial charge is 0.0589 e. The molecule has 1 fully saturated rings. The van der Waals surface area contributed by atoms with Crippen LogP contribution in [-0.4, -0.2) is 50.8 Å². The van der Waals surface area contributed by atoms with Crippen LogP contribution < -0.4 is 5.32 Å². The molecule has 1 aliphatic rings. The average molecular weight is 214 g/mol. The van der Waals surface area contributed by atoms with Crippen molar-refractivity contribution >= 4 is 0 Å². The fourth-order valence-corrected chi connectivity index (χ4v) is 2.11. The second-order valence-electron chi connectivity index (χ2n) is 4.56. The zero-order valence-corrected chi connectivity index (χ0v) is 10.5. The Labute approximate surface area is 94.2 Å². The van der Waals surface area contributed by atoms with Crippen LogP contribution >= 0.6 is 0 Å². The molecule has 1 N–H and O–H groups in total. The summed E-state index contributed by atoms with van der Waals surface area (Å²) in [6.45, 7) is 5.45. The van der Waals surface area contributed by atoms with Gasteiger partial charge in [-0.05, 0) is 46.2 Å². The molecule has 1 rings (SSSR count). The molecule has 0 aromatic rings. The number of hydrogen-bond donors (Lipinski definition) is 1. The minimum absolute atomic E-state index is 0.709. The van der Waals surface area contributed by atoms with Crippen molar-refractivity contribution in [3.05, 3.63) is 0 Å². The molecular weight excluding hydrogens is 188 g/mol. The van der Waals surface area contributed by atoms with Crippen molar-refractivity contribution < 1.29 is 4.74 Å². The van der Waals surface area contributed by atoms with E-state index in [2.05, 4.69) is 17.1 Å². The van der Waals surface area contributed by atoms with Crippen LogP contribution in [0.2, 0.25) is 0 Å². The first-order valence-electron chi connectivity index (χ1n) is 6.19. The van der Waals surface area contributed by atoms with Gasteiger partial charge in [-0.25, -0.2) is 0 Å². The Bertz CT molecular complexity index is 160. The Morgan fingerprint density at radius 2 is 2.20 bits per heavy atom. The van der Waals surface area contributed by atoms with E-state index >= 15 is 0 Å². The molecule has 3 nitrogen and oxygen atoms in total. The second kappa shape index (κ2) is 7.20. The van der Waals surface area contributed by atoms with Crippen LogP contribution in [0.25, 0.3) is 0 Å².